The van der Waals surface area contributed by atoms with Gasteiger partial charge in [0.2, 0.25) is 0 Å². The minimum atomic E-state index is -0.181. The maximum Gasteiger partial charge on any atom is 0.177 e. The first-order valence-electron chi connectivity index (χ1n) is 6.32. The van der Waals surface area contributed by atoms with Crippen molar-refractivity contribution in [3.8, 4) is 0 Å². The number of halogens is 3. The minimum absolute atomic E-state index is 0.00984. The van der Waals surface area contributed by atoms with E-state index in [4.69, 9.17) is 34.8 Å². The Morgan fingerprint density at radius 2 is 1.67 bits per heavy atom. The van der Waals surface area contributed by atoms with Crippen molar-refractivity contribution in [2.75, 3.05) is 0 Å². The van der Waals surface area contributed by atoms with Crippen LogP contribution in [0.5, 0.6) is 0 Å². The molecule has 0 aromatic heterocycles. The molecule has 0 aliphatic rings. The molecule has 0 saturated carbocycles. The van der Waals surface area contributed by atoms with Gasteiger partial charge < -0.3 is 0 Å². The van der Waals surface area contributed by atoms with Crippen LogP contribution in [0.2, 0.25) is 15.1 Å². The summed E-state index contributed by atoms with van der Waals surface area (Å²) in [4.78, 5) is 12.4. The fraction of sp³-hybridized carbons (Fsp3) is 0.188. The summed E-state index contributed by atoms with van der Waals surface area (Å²) in [5, 5.41) is 1.45. The third-order valence-electron chi connectivity index (χ3n) is 2.98. The SMILES string of the molecule is CC(SCc1ccc(Cl)cc1)C(=O)c1ccc(Cl)cc1Cl. The van der Waals surface area contributed by atoms with E-state index >= 15 is 0 Å². The third kappa shape index (κ3) is 4.65. The van der Waals surface area contributed by atoms with Crippen LogP contribution in [0.1, 0.15) is 22.8 Å². The molecule has 2 aromatic rings. The van der Waals surface area contributed by atoms with E-state index in [1.165, 1.54) is 0 Å². The lowest BCUT2D eigenvalue weighted by Gasteiger charge is -2.12. The second-order valence-corrected chi connectivity index (χ2v) is 7.18. The van der Waals surface area contributed by atoms with E-state index in [1.54, 1.807) is 30.0 Å². The topological polar surface area (TPSA) is 17.1 Å². The van der Waals surface area contributed by atoms with E-state index in [-0.39, 0.29) is 11.0 Å². The van der Waals surface area contributed by atoms with E-state index < -0.39 is 0 Å². The number of carbonyl (C=O) groups excluding carboxylic acids is 1. The van der Waals surface area contributed by atoms with Crippen molar-refractivity contribution in [2.24, 2.45) is 0 Å². The van der Waals surface area contributed by atoms with E-state index in [0.29, 0.717) is 20.6 Å². The van der Waals surface area contributed by atoms with Crippen LogP contribution in [0.4, 0.5) is 0 Å². The molecule has 0 fully saturated rings. The highest BCUT2D eigenvalue weighted by molar-refractivity contribution is 7.99. The molecule has 0 bridgehead atoms. The van der Waals surface area contributed by atoms with Crippen LogP contribution in [-0.4, -0.2) is 11.0 Å². The summed E-state index contributed by atoms with van der Waals surface area (Å²) in [5.41, 5.74) is 1.64. The Morgan fingerprint density at radius 3 is 2.29 bits per heavy atom. The monoisotopic (exact) mass is 358 g/mol. The van der Waals surface area contributed by atoms with Crippen LogP contribution in [0.3, 0.4) is 0 Å². The second-order valence-electron chi connectivity index (χ2n) is 4.57. The fourth-order valence-corrected chi connectivity index (χ4v) is 3.33. The molecule has 0 aliphatic heterocycles. The quantitative estimate of drug-likeness (QED) is 0.595. The van der Waals surface area contributed by atoms with E-state index in [9.17, 15) is 4.79 Å². The van der Waals surface area contributed by atoms with Gasteiger partial charge in [-0.25, -0.2) is 0 Å². The first-order valence-corrected chi connectivity index (χ1v) is 8.51. The molecule has 2 rings (SSSR count). The molecule has 110 valence electrons. The van der Waals surface area contributed by atoms with Crippen LogP contribution in [0.15, 0.2) is 42.5 Å². The number of benzene rings is 2. The summed E-state index contributed by atoms with van der Waals surface area (Å²) < 4.78 is 0. The molecule has 0 radical (unpaired) electrons. The highest BCUT2D eigenvalue weighted by Gasteiger charge is 2.18. The lowest BCUT2D eigenvalue weighted by Crippen LogP contribution is -2.14. The van der Waals surface area contributed by atoms with Crippen molar-refractivity contribution in [1.82, 2.24) is 0 Å². The Morgan fingerprint density at radius 1 is 1.05 bits per heavy atom. The largest absolute Gasteiger partial charge is 0.293 e. The summed E-state index contributed by atoms with van der Waals surface area (Å²) in [7, 11) is 0. The molecule has 0 amide bonds. The zero-order valence-corrected chi connectivity index (χ0v) is 14.4. The molecule has 1 atom stereocenters. The van der Waals surface area contributed by atoms with Gasteiger partial charge in [0.05, 0.1) is 10.3 Å². The predicted molar refractivity (Wildman–Crippen MR) is 93.0 cm³/mol. The number of carbonyl (C=O) groups is 1. The van der Waals surface area contributed by atoms with Gasteiger partial charge in [0.1, 0.15) is 0 Å². The molecular weight excluding hydrogens is 347 g/mol. The van der Waals surface area contributed by atoms with Crippen molar-refractivity contribution < 1.29 is 4.79 Å². The average Bonchev–Trinajstić information content (AvgIpc) is 2.45. The number of Topliss-reactive ketones (excluding diaryl/α,β-unsaturated/α-hetero) is 1. The zero-order chi connectivity index (χ0) is 15.4. The average molecular weight is 360 g/mol. The summed E-state index contributed by atoms with van der Waals surface area (Å²) in [6.45, 7) is 1.88. The Balaban J connectivity index is 2.00. The molecular formula is C16H13Cl3OS. The lowest BCUT2D eigenvalue weighted by atomic mass is 10.1. The molecule has 21 heavy (non-hydrogen) atoms. The van der Waals surface area contributed by atoms with Crippen molar-refractivity contribution >= 4 is 52.3 Å². The van der Waals surface area contributed by atoms with Gasteiger partial charge in [-0.2, -0.15) is 0 Å². The van der Waals surface area contributed by atoms with Crippen LogP contribution < -0.4 is 0 Å². The first-order chi connectivity index (χ1) is 9.97. The zero-order valence-electron chi connectivity index (χ0n) is 11.3. The minimum Gasteiger partial charge on any atom is -0.293 e. The normalized spacial score (nSPS) is 12.2. The highest BCUT2D eigenvalue weighted by atomic mass is 35.5. The third-order valence-corrected chi connectivity index (χ3v) is 4.99. The van der Waals surface area contributed by atoms with Crippen molar-refractivity contribution in [2.45, 2.75) is 17.9 Å². The Bertz CT molecular complexity index is 640. The molecule has 0 spiro atoms. The van der Waals surface area contributed by atoms with Gasteiger partial charge in [-0.05, 0) is 42.8 Å². The van der Waals surface area contributed by atoms with Crippen LogP contribution in [0.25, 0.3) is 0 Å². The Hall–Kier alpha value is -0.670. The molecule has 1 unspecified atom stereocenters. The summed E-state index contributed by atoms with van der Waals surface area (Å²) in [6, 6.07) is 12.6. The molecule has 5 heteroatoms. The molecule has 0 N–H and O–H groups in total. The lowest BCUT2D eigenvalue weighted by molar-refractivity contribution is 0.0994. The van der Waals surface area contributed by atoms with E-state index in [2.05, 4.69) is 0 Å². The van der Waals surface area contributed by atoms with Gasteiger partial charge in [-0.15, -0.1) is 11.8 Å². The summed E-state index contributed by atoms with van der Waals surface area (Å²) in [5.74, 6) is 0.755. The molecule has 2 aromatic carbocycles. The van der Waals surface area contributed by atoms with E-state index in [0.717, 1.165) is 11.3 Å². The van der Waals surface area contributed by atoms with Crippen LogP contribution >= 0.6 is 46.6 Å². The van der Waals surface area contributed by atoms with Gasteiger partial charge in [0.25, 0.3) is 0 Å². The van der Waals surface area contributed by atoms with Crippen LogP contribution in [-0.2, 0) is 5.75 Å². The molecule has 0 heterocycles. The van der Waals surface area contributed by atoms with Crippen molar-refractivity contribution in [3.05, 3.63) is 68.7 Å². The number of thioether (sulfide) groups is 1. The Labute approximate surface area is 143 Å². The Kier molecular flexibility index (Phi) is 6.00. The molecule has 0 aliphatic carbocycles. The smallest absolute Gasteiger partial charge is 0.177 e. The van der Waals surface area contributed by atoms with Crippen molar-refractivity contribution in [1.29, 1.82) is 0 Å². The fourth-order valence-electron chi connectivity index (χ4n) is 1.79. The van der Waals surface area contributed by atoms with Gasteiger partial charge in [0.15, 0.2) is 5.78 Å². The van der Waals surface area contributed by atoms with Gasteiger partial charge >= 0.3 is 0 Å². The maximum absolute atomic E-state index is 12.4. The highest BCUT2D eigenvalue weighted by Crippen LogP contribution is 2.27. The van der Waals surface area contributed by atoms with E-state index in [1.807, 2.05) is 31.2 Å². The van der Waals surface area contributed by atoms with Gasteiger partial charge in [-0.3, -0.25) is 4.79 Å². The first kappa shape index (κ1) is 16.7. The standard InChI is InChI=1S/C16H13Cl3OS/c1-10(21-9-11-2-4-12(17)5-3-11)16(20)14-7-6-13(18)8-15(14)19/h2-8,10H,9H2,1H3. The maximum atomic E-state index is 12.4. The number of hydrogen-bond donors (Lipinski definition) is 0. The summed E-state index contributed by atoms with van der Waals surface area (Å²) >= 11 is 19.3. The molecule has 0 saturated heterocycles. The number of rotatable bonds is 5. The van der Waals surface area contributed by atoms with Gasteiger partial charge in [-0.1, -0.05) is 46.9 Å². The summed E-state index contributed by atoms with van der Waals surface area (Å²) in [6.07, 6.45) is 0. The van der Waals surface area contributed by atoms with Gasteiger partial charge in [0, 0.05) is 21.4 Å². The second kappa shape index (κ2) is 7.55. The predicted octanol–water partition coefficient (Wildman–Crippen LogP) is 6.15. The number of hydrogen-bond acceptors (Lipinski definition) is 2. The van der Waals surface area contributed by atoms with Crippen molar-refractivity contribution in [3.63, 3.8) is 0 Å². The molecule has 1 nitrogen and oxygen atoms in total. The number of ketones is 1. The van der Waals surface area contributed by atoms with Crippen LogP contribution in [0, 0.1) is 0 Å².